The molecule has 0 atom stereocenters. The third-order valence-corrected chi connectivity index (χ3v) is 4.57. The zero-order valence-electron chi connectivity index (χ0n) is 12.6. The van der Waals surface area contributed by atoms with Gasteiger partial charge in [-0.15, -0.1) is 11.3 Å². The molecule has 3 rings (SSSR count). The van der Waals surface area contributed by atoms with Crippen LogP contribution in [0.25, 0.3) is 10.7 Å². The minimum absolute atomic E-state index is 0.247. The maximum Gasteiger partial charge on any atom is 0.347 e. The molecule has 0 aliphatic carbocycles. The molecular weight excluding hydrogens is 310 g/mol. The largest absolute Gasteiger partial charge is 0.477 e. The Hall–Kier alpha value is -2.60. The van der Waals surface area contributed by atoms with Crippen molar-refractivity contribution in [3.63, 3.8) is 0 Å². The Morgan fingerprint density at radius 1 is 1.13 bits per heavy atom. The maximum atomic E-state index is 11.1. The van der Waals surface area contributed by atoms with Gasteiger partial charge in [0.1, 0.15) is 15.6 Å². The van der Waals surface area contributed by atoms with Gasteiger partial charge in [0.05, 0.1) is 17.6 Å². The number of aromatic carboxylic acids is 1. The fourth-order valence-corrected chi connectivity index (χ4v) is 3.11. The number of carboxylic acid groups (broad SMARTS) is 1. The van der Waals surface area contributed by atoms with Crippen LogP contribution in [-0.2, 0) is 12.8 Å². The van der Waals surface area contributed by atoms with Gasteiger partial charge in [-0.3, -0.25) is 4.98 Å². The molecule has 0 saturated heterocycles. The third kappa shape index (κ3) is 3.60. The van der Waals surface area contributed by atoms with Gasteiger partial charge in [0.15, 0.2) is 0 Å². The number of rotatable bonds is 5. The molecule has 0 aliphatic rings. The van der Waals surface area contributed by atoms with Crippen molar-refractivity contribution in [1.29, 1.82) is 0 Å². The van der Waals surface area contributed by atoms with Crippen LogP contribution < -0.4 is 0 Å². The van der Waals surface area contributed by atoms with Crippen LogP contribution in [0.3, 0.4) is 0 Å². The van der Waals surface area contributed by atoms with Gasteiger partial charge in [0.25, 0.3) is 0 Å². The van der Waals surface area contributed by atoms with Gasteiger partial charge in [-0.25, -0.2) is 14.8 Å². The molecule has 0 aliphatic heterocycles. The maximum absolute atomic E-state index is 11.1. The summed E-state index contributed by atoms with van der Waals surface area (Å²) >= 11 is 1.13. The summed E-state index contributed by atoms with van der Waals surface area (Å²) in [5, 5.41) is 9.72. The van der Waals surface area contributed by atoms with E-state index < -0.39 is 5.97 Å². The normalized spacial score (nSPS) is 10.7. The molecule has 0 fully saturated rings. The van der Waals surface area contributed by atoms with Gasteiger partial charge in [-0.1, -0.05) is 30.3 Å². The summed E-state index contributed by atoms with van der Waals surface area (Å²) in [4.78, 5) is 24.4. The number of nitrogens with zero attached hydrogens (tertiary/aromatic N) is 3. The van der Waals surface area contributed by atoms with E-state index in [4.69, 9.17) is 5.11 Å². The minimum atomic E-state index is -0.959. The van der Waals surface area contributed by atoms with E-state index in [-0.39, 0.29) is 4.88 Å². The topological polar surface area (TPSA) is 76.0 Å². The quantitative estimate of drug-likeness (QED) is 0.778. The van der Waals surface area contributed by atoms with Crippen LogP contribution in [0.5, 0.6) is 0 Å². The van der Waals surface area contributed by atoms with Crippen molar-refractivity contribution in [2.45, 2.75) is 19.8 Å². The van der Waals surface area contributed by atoms with Gasteiger partial charge < -0.3 is 5.11 Å². The molecule has 0 radical (unpaired) electrons. The predicted molar refractivity (Wildman–Crippen MR) is 88.7 cm³/mol. The second kappa shape index (κ2) is 6.66. The van der Waals surface area contributed by atoms with E-state index in [0.717, 1.165) is 29.9 Å². The van der Waals surface area contributed by atoms with E-state index in [1.807, 2.05) is 18.2 Å². The average Bonchev–Trinajstić information content (AvgIpc) is 2.96. The molecule has 0 amide bonds. The molecule has 1 N–H and O–H groups in total. The third-order valence-electron chi connectivity index (χ3n) is 3.41. The molecule has 6 heteroatoms. The minimum Gasteiger partial charge on any atom is -0.477 e. The molecule has 0 unspecified atom stereocenters. The molecule has 0 spiro atoms. The summed E-state index contributed by atoms with van der Waals surface area (Å²) in [7, 11) is 0. The van der Waals surface area contributed by atoms with Crippen molar-refractivity contribution in [1.82, 2.24) is 15.0 Å². The summed E-state index contributed by atoms with van der Waals surface area (Å²) < 4.78 is 0. The highest BCUT2D eigenvalue weighted by Crippen LogP contribution is 2.26. The van der Waals surface area contributed by atoms with E-state index in [1.165, 1.54) is 5.56 Å². The average molecular weight is 325 g/mol. The molecule has 1 aromatic carbocycles. The first kappa shape index (κ1) is 15.3. The van der Waals surface area contributed by atoms with Crippen molar-refractivity contribution < 1.29 is 9.90 Å². The fourth-order valence-electron chi connectivity index (χ4n) is 2.25. The first-order chi connectivity index (χ1) is 11.1. The van der Waals surface area contributed by atoms with Gasteiger partial charge in [-0.05, 0) is 25.3 Å². The number of hydrogen-bond acceptors (Lipinski definition) is 5. The summed E-state index contributed by atoms with van der Waals surface area (Å²) in [6.07, 6.45) is 5.03. The number of carbonyl (C=O) groups is 1. The number of aromatic nitrogens is 3. The van der Waals surface area contributed by atoms with Crippen LogP contribution in [-0.4, -0.2) is 26.0 Å². The highest BCUT2D eigenvalue weighted by atomic mass is 32.1. The molecule has 0 saturated carbocycles. The van der Waals surface area contributed by atoms with Crippen molar-refractivity contribution in [3.8, 4) is 10.7 Å². The summed E-state index contributed by atoms with van der Waals surface area (Å²) in [6, 6.07) is 10.2. The summed E-state index contributed by atoms with van der Waals surface area (Å²) in [5.41, 5.74) is 3.25. The van der Waals surface area contributed by atoms with Crippen molar-refractivity contribution in [3.05, 3.63) is 64.6 Å². The molecule has 0 bridgehead atoms. The zero-order valence-corrected chi connectivity index (χ0v) is 13.4. The number of carboxylic acids is 1. The second-order valence-corrected chi connectivity index (χ2v) is 6.12. The summed E-state index contributed by atoms with van der Waals surface area (Å²) in [6.45, 7) is 1.69. The van der Waals surface area contributed by atoms with E-state index in [9.17, 15) is 4.79 Å². The van der Waals surface area contributed by atoms with E-state index in [2.05, 4.69) is 27.1 Å². The van der Waals surface area contributed by atoms with Crippen LogP contribution in [0.4, 0.5) is 0 Å². The lowest BCUT2D eigenvalue weighted by Crippen LogP contribution is -1.97. The van der Waals surface area contributed by atoms with Crippen molar-refractivity contribution in [2.75, 3.05) is 0 Å². The van der Waals surface area contributed by atoms with E-state index in [0.29, 0.717) is 16.4 Å². The lowest BCUT2D eigenvalue weighted by Gasteiger charge is -2.02. The van der Waals surface area contributed by atoms with E-state index in [1.54, 1.807) is 19.3 Å². The monoisotopic (exact) mass is 325 g/mol. The molecule has 5 nitrogen and oxygen atoms in total. The first-order valence-corrected chi connectivity index (χ1v) is 8.01. The van der Waals surface area contributed by atoms with Crippen molar-refractivity contribution >= 4 is 17.3 Å². The van der Waals surface area contributed by atoms with Crippen molar-refractivity contribution in [2.24, 2.45) is 0 Å². The Labute approximate surface area is 137 Å². The first-order valence-electron chi connectivity index (χ1n) is 7.19. The number of benzene rings is 1. The molecule has 2 heterocycles. The molecule has 116 valence electrons. The molecular formula is C17H15N3O2S. The van der Waals surface area contributed by atoms with Gasteiger partial charge in [-0.2, -0.15) is 0 Å². The van der Waals surface area contributed by atoms with Crippen LogP contribution in [0.2, 0.25) is 0 Å². The van der Waals surface area contributed by atoms with Crippen LogP contribution >= 0.6 is 11.3 Å². The fraction of sp³-hybridized carbons (Fsp3) is 0.176. The Balaban J connectivity index is 1.80. The molecule has 23 heavy (non-hydrogen) atoms. The standard InChI is InChI=1S/C17H15N3O2S/c1-11-15(17(21)22)23-16(19-11)14-10-18-9-13(20-14)8-7-12-5-3-2-4-6-12/h2-6,9-10H,7-8H2,1H3,(H,21,22). The Bertz CT molecular complexity index is 831. The number of thiazole rings is 1. The predicted octanol–water partition coefficient (Wildman–Crippen LogP) is 3.39. The Kier molecular flexibility index (Phi) is 4.43. The smallest absolute Gasteiger partial charge is 0.347 e. The highest BCUT2D eigenvalue weighted by Gasteiger charge is 2.16. The van der Waals surface area contributed by atoms with E-state index >= 15 is 0 Å². The van der Waals surface area contributed by atoms with Gasteiger partial charge in [0.2, 0.25) is 0 Å². The summed E-state index contributed by atoms with van der Waals surface area (Å²) in [5.74, 6) is -0.959. The second-order valence-electron chi connectivity index (χ2n) is 5.12. The molecule has 3 aromatic rings. The number of aryl methyl sites for hydroxylation is 3. The highest BCUT2D eigenvalue weighted by molar-refractivity contribution is 7.16. The SMILES string of the molecule is Cc1nc(-c2cncc(CCc3ccccc3)n2)sc1C(=O)O. The lowest BCUT2D eigenvalue weighted by molar-refractivity contribution is 0.0701. The molecule has 2 aromatic heterocycles. The lowest BCUT2D eigenvalue weighted by atomic mass is 10.1. The van der Waals surface area contributed by atoms with Crippen LogP contribution in [0, 0.1) is 6.92 Å². The Morgan fingerprint density at radius 2 is 1.91 bits per heavy atom. The van der Waals surface area contributed by atoms with Crippen LogP contribution in [0.15, 0.2) is 42.7 Å². The zero-order chi connectivity index (χ0) is 16.2. The Morgan fingerprint density at radius 3 is 2.61 bits per heavy atom. The number of hydrogen-bond donors (Lipinski definition) is 1. The van der Waals surface area contributed by atoms with Crippen LogP contribution in [0.1, 0.15) is 26.6 Å². The van der Waals surface area contributed by atoms with Gasteiger partial charge >= 0.3 is 5.97 Å². The van der Waals surface area contributed by atoms with Gasteiger partial charge in [0, 0.05) is 6.20 Å².